The van der Waals surface area contributed by atoms with Gasteiger partial charge in [-0.1, -0.05) is 0 Å². The Labute approximate surface area is 208 Å². The van der Waals surface area contributed by atoms with Crippen molar-refractivity contribution < 1.29 is 44.3 Å². The number of benzene rings is 1. The summed E-state index contributed by atoms with van der Waals surface area (Å²) in [6, 6.07) is -1.27. The zero-order valence-corrected chi connectivity index (χ0v) is 19.2. The monoisotopic (exact) mass is 548 g/mol. The van der Waals surface area contributed by atoms with Crippen molar-refractivity contribution in [3.8, 4) is 11.4 Å². The lowest BCUT2D eigenvalue weighted by Gasteiger charge is -2.61. The lowest BCUT2D eigenvalue weighted by molar-refractivity contribution is -0.229. The van der Waals surface area contributed by atoms with E-state index in [1.165, 1.54) is 6.92 Å². The number of likely N-dealkylation sites (tertiary alicyclic amines) is 1. The number of nitrogens with one attached hydrogen (secondary N) is 1. The first kappa shape index (κ1) is 25.8. The van der Waals surface area contributed by atoms with Crippen LogP contribution in [0.15, 0.2) is 28.9 Å². The predicted octanol–water partition coefficient (Wildman–Crippen LogP) is 5.61. The second-order valence-electron chi connectivity index (χ2n) is 9.09. The summed E-state index contributed by atoms with van der Waals surface area (Å²) in [7, 11) is 0. The van der Waals surface area contributed by atoms with E-state index in [0.29, 0.717) is 18.5 Å². The van der Waals surface area contributed by atoms with E-state index in [1.54, 1.807) is 0 Å². The van der Waals surface area contributed by atoms with Gasteiger partial charge in [0.1, 0.15) is 11.4 Å². The van der Waals surface area contributed by atoms with Gasteiger partial charge in [0.05, 0.1) is 29.6 Å². The van der Waals surface area contributed by atoms with Crippen LogP contribution in [0.3, 0.4) is 0 Å². The molecule has 1 N–H and O–H groups in total. The van der Waals surface area contributed by atoms with Crippen LogP contribution in [0, 0.1) is 24.5 Å². The number of alkyl halides is 6. The molecule has 38 heavy (non-hydrogen) atoms. The van der Waals surface area contributed by atoms with E-state index in [0.717, 1.165) is 4.90 Å². The van der Waals surface area contributed by atoms with Crippen molar-refractivity contribution in [1.29, 1.82) is 0 Å². The summed E-state index contributed by atoms with van der Waals surface area (Å²) in [4.78, 5) is 21.3. The third kappa shape index (κ3) is 4.30. The molecular formula is C22H16F8N6O2. The molecule has 0 radical (unpaired) electrons. The van der Waals surface area contributed by atoms with Crippen LogP contribution in [0.1, 0.15) is 36.6 Å². The van der Waals surface area contributed by atoms with Gasteiger partial charge in [-0.2, -0.15) is 26.3 Å². The third-order valence-corrected chi connectivity index (χ3v) is 6.66. The zero-order valence-electron chi connectivity index (χ0n) is 19.2. The average molecular weight is 548 g/mol. The Morgan fingerprint density at radius 3 is 2.34 bits per heavy atom. The van der Waals surface area contributed by atoms with Crippen molar-refractivity contribution in [3.63, 3.8) is 0 Å². The summed E-state index contributed by atoms with van der Waals surface area (Å²) < 4.78 is 115. The number of hydrogen-bond acceptors (Lipinski definition) is 6. The highest BCUT2D eigenvalue weighted by Gasteiger charge is 2.66. The SMILES string of the molecule is Cc1nnc([C@]23C[C@H](C[C@H](C(F)(F)F)C2)N3C(=O)Nc2cc(-c3ncc(F)cn3)c(C(F)(F)F)cc2F)o1. The molecule has 1 aromatic carbocycles. The van der Waals surface area contributed by atoms with E-state index in [9.17, 15) is 39.9 Å². The molecule has 16 heteroatoms. The smallest absolute Gasteiger partial charge is 0.417 e. The normalized spacial score (nSPS) is 23.2. The number of carbonyl (C=O) groups excluding carboxylic acids is 1. The fraction of sp³-hybridized carbons (Fsp3) is 0.409. The molecule has 2 aromatic heterocycles. The minimum Gasteiger partial charge on any atom is -0.423 e. The second-order valence-corrected chi connectivity index (χ2v) is 9.09. The molecule has 2 fully saturated rings. The van der Waals surface area contributed by atoms with Gasteiger partial charge in [-0.3, -0.25) is 0 Å². The van der Waals surface area contributed by atoms with Crippen LogP contribution < -0.4 is 5.32 Å². The number of amides is 2. The number of nitrogens with zero attached hydrogens (tertiary/aromatic N) is 5. The number of fused-ring (bicyclic) bond motifs is 2. The number of hydrogen-bond donors (Lipinski definition) is 1. The Balaban J connectivity index is 1.51. The van der Waals surface area contributed by atoms with Crippen LogP contribution in [0.25, 0.3) is 11.4 Å². The summed E-state index contributed by atoms with van der Waals surface area (Å²) in [5.74, 6) is -4.96. The molecule has 3 atom stereocenters. The second kappa shape index (κ2) is 8.59. The van der Waals surface area contributed by atoms with Gasteiger partial charge in [0.25, 0.3) is 0 Å². The molecular weight excluding hydrogens is 532 g/mol. The Kier molecular flexibility index (Phi) is 5.83. The van der Waals surface area contributed by atoms with Crippen molar-refractivity contribution in [3.05, 3.63) is 53.5 Å². The van der Waals surface area contributed by atoms with Gasteiger partial charge in [0, 0.05) is 24.9 Å². The Bertz CT molecular complexity index is 1390. The number of halogens is 8. The van der Waals surface area contributed by atoms with Crippen LogP contribution in [-0.2, 0) is 11.7 Å². The predicted molar refractivity (Wildman–Crippen MR) is 111 cm³/mol. The van der Waals surface area contributed by atoms with Crippen LogP contribution in [0.4, 0.5) is 45.6 Å². The molecule has 8 nitrogen and oxygen atoms in total. The third-order valence-electron chi connectivity index (χ3n) is 6.66. The van der Waals surface area contributed by atoms with Crippen molar-refractivity contribution >= 4 is 11.7 Å². The minimum absolute atomic E-state index is 0.0463. The summed E-state index contributed by atoms with van der Waals surface area (Å²) in [5.41, 5.74) is -4.59. The average Bonchev–Trinajstić information content (AvgIpc) is 3.26. The largest absolute Gasteiger partial charge is 0.423 e. The fourth-order valence-corrected chi connectivity index (χ4v) is 5.09. The maximum Gasteiger partial charge on any atom is 0.417 e. The van der Waals surface area contributed by atoms with Gasteiger partial charge in [0.15, 0.2) is 11.6 Å². The lowest BCUT2D eigenvalue weighted by atomic mass is 9.63. The van der Waals surface area contributed by atoms with E-state index in [1.807, 2.05) is 0 Å². The standard InChI is InChI=1S/C22H16F8N6O2/c1-9-34-35-18(38-9)20-5-10(21(25,26)27)2-12(6-20)36(20)19(37)33-16-3-13(17-31-7-11(23)8-32-17)14(4-15(16)24)22(28,29)30/h3-4,7-8,10,12H,2,5-6H2,1H3,(H,33,37)/t10-,12-,20+/m0/s1. The molecule has 3 heterocycles. The number of anilines is 1. The van der Waals surface area contributed by atoms with Crippen LogP contribution in [0.5, 0.6) is 0 Å². The van der Waals surface area contributed by atoms with Gasteiger partial charge in [-0.25, -0.2) is 23.5 Å². The van der Waals surface area contributed by atoms with Gasteiger partial charge < -0.3 is 14.6 Å². The fourth-order valence-electron chi connectivity index (χ4n) is 5.09. The summed E-state index contributed by atoms with van der Waals surface area (Å²) in [6.45, 7) is 1.41. The number of carbonyl (C=O) groups is 1. The quantitative estimate of drug-likeness (QED) is 0.428. The first-order valence-electron chi connectivity index (χ1n) is 11.1. The number of rotatable bonds is 3. The summed E-state index contributed by atoms with van der Waals surface area (Å²) in [5, 5.41) is 9.57. The van der Waals surface area contributed by atoms with Crippen molar-refractivity contribution in [2.24, 2.45) is 5.92 Å². The lowest BCUT2D eigenvalue weighted by Crippen LogP contribution is -2.71. The topological polar surface area (TPSA) is 97.0 Å². The molecule has 5 rings (SSSR count). The van der Waals surface area contributed by atoms with Crippen molar-refractivity contribution in [2.75, 3.05) is 5.32 Å². The molecule has 1 saturated heterocycles. The highest BCUT2D eigenvalue weighted by Crippen LogP contribution is 2.58. The molecule has 2 amide bonds. The maximum atomic E-state index is 14.8. The van der Waals surface area contributed by atoms with Gasteiger partial charge in [-0.05, 0) is 25.0 Å². The maximum absolute atomic E-state index is 14.8. The first-order valence-corrected chi connectivity index (χ1v) is 11.1. The van der Waals surface area contributed by atoms with E-state index < -0.39 is 83.0 Å². The Morgan fingerprint density at radius 1 is 1.08 bits per heavy atom. The van der Waals surface area contributed by atoms with E-state index in [2.05, 4.69) is 25.5 Å². The van der Waals surface area contributed by atoms with E-state index >= 15 is 0 Å². The van der Waals surface area contributed by atoms with Crippen LogP contribution in [0.2, 0.25) is 0 Å². The molecule has 202 valence electrons. The summed E-state index contributed by atoms with van der Waals surface area (Å²) >= 11 is 0. The molecule has 1 saturated carbocycles. The molecule has 1 aliphatic heterocycles. The van der Waals surface area contributed by atoms with Crippen molar-refractivity contribution in [2.45, 2.75) is 50.1 Å². The zero-order chi connectivity index (χ0) is 27.6. The van der Waals surface area contributed by atoms with Gasteiger partial charge >= 0.3 is 18.4 Å². The van der Waals surface area contributed by atoms with Gasteiger partial charge in [-0.15, -0.1) is 10.2 Å². The Morgan fingerprint density at radius 2 is 1.76 bits per heavy atom. The van der Waals surface area contributed by atoms with Crippen LogP contribution >= 0.6 is 0 Å². The Hall–Kier alpha value is -3.85. The molecule has 2 aliphatic rings. The van der Waals surface area contributed by atoms with Crippen molar-refractivity contribution in [1.82, 2.24) is 25.1 Å². The van der Waals surface area contributed by atoms with Crippen LogP contribution in [-0.4, -0.2) is 43.3 Å². The highest BCUT2D eigenvalue weighted by molar-refractivity contribution is 5.92. The number of piperidine rings is 1. The minimum atomic E-state index is -5.06. The van der Waals surface area contributed by atoms with E-state index in [-0.39, 0.29) is 24.3 Å². The number of aryl methyl sites for hydroxylation is 1. The molecule has 2 bridgehead atoms. The van der Waals surface area contributed by atoms with Gasteiger partial charge in [0.2, 0.25) is 11.8 Å². The number of aromatic nitrogens is 4. The summed E-state index contributed by atoms with van der Waals surface area (Å²) in [6.07, 6.45) is -9.36. The number of urea groups is 1. The van der Waals surface area contributed by atoms with E-state index in [4.69, 9.17) is 4.42 Å². The molecule has 3 aromatic rings. The highest BCUT2D eigenvalue weighted by atomic mass is 19.4. The first-order chi connectivity index (χ1) is 17.7. The molecule has 0 spiro atoms. The molecule has 0 unspecified atom stereocenters. The molecule has 1 aliphatic carbocycles.